The van der Waals surface area contributed by atoms with E-state index in [2.05, 4.69) is 9.97 Å². The number of rotatable bonds is 10. The lowest BCUT2D eigenvalue weighted by atomic mass is 9.73. The predicted molar refractivity (Wildman–Crippen MR) is 155 cm³/mol. The molecule has 0 spiro atoms. The standard InChI is InChI=1S/C35H28N2O3/c38-33(34(31-23-13-25-36-31,27-15-5-1-6-16-27)39-29-19-9-3-10-20-29)35(32-24-14-26-37-32,28-17-7-2-8-18-28)40-30-21-11-4-12-22-30/h1-26,36-37H. The van der Waals surface area contributed by atoms with E-state index in [1.165, 1.54) is 0 Å². The van der Waals surface area contributed by atoms with Gasteiger partial charge in [0.05, 0.1) is 11.4 Å². The summed E-state index contributed by atoms with van der Waals surface area (Å²) in [4.78, 5) is 22.4. The maximum atomic E-state index is 15.8. The molecule has 6 aromatic rings. The van der Waals surface area contributed by atoms with Crippen molar-refractivity contribution in [3.63, 3.8) is 0 Å². The van der Waals surface area contributed by atoms with Gasteiger partial charge in [-0.3, -0.25) is 4.79 Å². The molecule has 0 radical (unpaired) electrons. The van der Waals surface area contributed by atoms with Crippen molar-refractivity contribution < 1.29 is 14.3 Å². The quantitative estimate of drug-likeness (QED) is 0.198. The molecule has 2 N–H and O–H groups in total. The van der Waals surface area contributed by atoms with Crippen LogP contribution < -0.4 is 9.47 Å². The Kier molecular flexibility index (Phi) is 6.77. The number of aromatic nitrogens is 2. The van der Waals surface area contributed by atoms with Crippen LogP contribution in [0, 0.1) is 0 Å². The topological polar surface area (TPSA) is 67.1 Å². The van der Waals surface area contributed by atoms with E-state index in [9.17, 15) is 0 Å². The highest BCUT2D eigenvalue weighted by molar-refractivity contribution is 6.02. The van der Waals surface area contributed by atoms with Crippen LogP contribution in [0.25, 0.3) is 0 Å². The van der Waals surface area contributed by atoms with Crippen LogP contribution in [0.2, 0.25) is 0 Å². The Morgan fingerprint density at radius 1 is 0.450 bits per heavy atom. The number of Topliss-reactive ketones (excluding diaryl/α,β-unsaturated/α-hetero) is 1. The third-order valence-corrected chi connectivity index (χ3v) is 6.98. The second-order valence-corrected chi connectivity index (χ2v) is 9.42. The molecule has 0 aliphatic rings. The van der Waals surface area contributed by atoms with Crippen molar-refractivity contribution in [3.8, 4) is 11.5 Å². The van der Waals surface area contributed by atoms with Crippen LogP contribution in [0.1, 0.15) is 22.5 Å². The number of carbonyl (C=O) groups is 1. The number of hydrogen-bond acceptors (Lipinski definition) is 3. The average molecular weight is 525 g/mol. The van der Waals surface area contributed by atoms with Crippen molar-refractivity contribution >= 4 is 5.78 Å². The first kappa shape index (κ1) is 25.0. The zero-order chi connectivity index (χ0) is 27.3. The van der Waals surface area contributed by atoms with Gasteiger partial charge >= 0.3 is 0 Å². The number of ketones is 1. The Labute approximate surface area is 233 Å². The Bertz CT molecular complexity index is 1510. The largest absolute Gasteiger partial charge is 0.468 e. The van der Waals surface area contributed by atoms with Crippen molar-refractivity contribution in [2.24, 2.45) is 0 Å². The highest BCUT2D eigenvalue weighted by atomic mass is 16.5. The lowest BCUT2D eigenvalue weighted by molar-refractivity contribution is -0.147. The van der Waals surface area contributed by atoms with Crippen LogP contribution in [-0.2, 0) is 16.0 Å². The minimum atomic E-state index is -1.62. The van der Waals surface area contributed by atoms with Crippen LogP contribution in [-0.4, -0.2) is 15.8 Å². The summed E-state index contributed by atoms with van der Waals surface area (Å²) in [7, 11) is 0. The molecule has 0 saturated carbocycles. The van der Waals surface area contributed by atoms with Gasteiger partial charge in [0, 0.05) is 23.5 Å². The number of ether oxygens (including phenoxy) is 2. The molecule has 2 heterocycles. The van der Waals surface area contributed by atoms with E-state index in [1.807, 2.05) is 146 Å². The van der Waals surface area contributed by atoms with E-state index in [-0.39, 0.29) is 5.78 Å². The van der Waals surface area contributed by atoms with E-state index in [4.69, 9.17) is 9.47 Å². The molecule has 0 saturated heterocycles. The van der Waals surface area contributed by atoms with Gasteiger partial charge in [-0.05, 0) is 48.5 Å². The first-order valence-electron chi connectivity index (χ1n) is 13.2. The van der Waals surface area contributed by atoms with E-state index in [1.54, 1.807) is 12.4 Å². The Balaban J connectivity index is 1.69. The third kappa shape index (κ3) is 4.37. The maximum absolute atomic E-state index is 15.8. The number of hydrogen-bond donors (Lipinski definition) is 2. The first-order chi connectivity index (χ1) is 19.7. The number of aromatic amines is 2. The lowest BCUT2D eigenvalue weighted by Gasteiger charge is -2.41. The van der Waals surface area contributed by atoms with Crippen molar-refractivity contribution in [2.75, 3.05) is 0 Å². The van der Waals surface area contributed by atoms with Gasteiger partial charge in [-0.1, -0.05) is 97.1 Å². The van der Waals surface area contributed by atoms with Gasteiger partial charge in [-0.25, -0.2) is 0 Å². The fourth-order valence-corrected chi connectivity index (χ4v) is 5.16. The van der Waals surface area contributed by atoms with Crippen molar-refractivity contribution in [1.29, 1.82) is 0 Å². The molecule has 4 aromatic carbocycles. The summed E-state index contributed by atoms with van der Waals surface area (Å²) in [6.45, 7) is 0. The van der Waals surface area contributed by atoms with Crippen molar-refractivity contribution in [3.05, 3.63) is 181 Å². The fourth-order valence-electron chi connectivity index (χ4n) is 5.16. The SMILES string of the molecule is O=C(C(Oc1ccccc1)(c1ccccc1)c1ccc[nH]1)C(Oc1ccccc1)(c1ccccc1)c1ccc[nH]1. The van der Waals surface area contributed by atoms with Gasteiger partial charge in [0.25, 0.3) is 0 Å². The summed E-state index contributed by atoms with van der Waals surface area (Å²) in [6, 6.07) is 45.4. The van der Waals surface area contributed by atoms with E-state index < -0.39 is 11.2 Å². The van der Waals surface area contributed by atoms with Gasteiger partial charge in [-0.15, -0.1) is 0 Å². The molecule has 2 aromatic heterocycles. The van der Waals surface area contributed by atoms with Crippen molar-refractivity contribution in [1.82, 2.24) is 9.97 Å². The number of H-pyrrole nitrogens is 2. The van der Waals surface area contributed by atoms with Gasteiger partial charge in [-0.2, -0.15) is 0 Å². The second-order valence-electron chi connectivity index (χ2n) is 9.42. The van der Waals surface area contributed by atoms with Crippen LogP contribution in [0.4, 0.5) is 0 Å². The monoisotopic (exact) mass is 524 g/mol. The number of carbonyl (C=O) groups excluding carboxylic acids is 1. The summed E-state index contributed by atoms with van der Waals surface area (Å²) < 4.78 is 13.8. The second kappa shape index (κ2) is 10.8. The number of benzene rings is 4. The van der Waals surface area contributed by atoms with Crippen LogP contribution >= 0.6 is 0 Å². The van der Waals surface area contributed by atoms with E-state index in [0.29, 0.717) is 34.0 Å². The molecular formula is C35H28N2O3. The summed E-state index contributed by atoms with van der Waals surface area (Å²) in [5, 5.41) is 0. The molecule has 0 aliphatic heterocycles. The minimum Gasteiger partial charge on any atom is -0.468 e. The molecule has 5 heteroatoms. The molecule has 2 unspecified atom stereocenters. The van der Waals surface area contributed by atoms with Gasteiger partial charge < -0.3 is 19.4 Å². The third-order valence-electron chi connectivity index (χ3n) is 6.98. The van der Waals surface area contributed by atoms with E-state index >= 15 is 4.79 Å². The predicted octanol–water partition coefficient (Wildman–Crippen LogP) is 7.26. The minimum absolute atomic E-state index is 0.324. The van der Waals surface area contributed by atoms with Gasteiger partial charge in [0.1, 0.15) is 11.5 Å². The highest BCUT2D eigenvalue weighted by Crippen LogP contribution is 2.45. The summed E-state index contributed by atoms with van der Waals surface area (Å²) in [6.07, 6.45) is 3.59. The molecule has 6 rings (SSSR count). The molecule has 40 heavy (non-hydrogen) atoms. The zero-order valence-electron chi connectivity index (χ0n) is 21.7. The first-order valence-corrected chi connectivity index (χ1v) is 13.2. The average Bonchev–Trinajstić information content (AvgIpc) is 3.76. The zero-order valence-corrected chi connectivity index (χ0v) is 21.7. The fraction of sp³-hybridized carbons (Fsp3) is 0.0571. The van der Waals surface area contributed by atoms with Gasteiger partial charge in [0.15, 0.2) is 0 Å². The molecule has 5 nitrogen and oxygen atoms in total. The molecule has 0 aliphatic carbocycles. The maximum Gasteiger partial charge on any atom is 0.241 e. The van der Waals surface area contributed by atoms with Crippen LogP contribution in [0.15, 0.2) is 158 Å². The Morgan fingerprint density at radius 3 is 1.12 bits per heavy atom. The van der Waals surface area contributed by atoms with Gasteiger partial charge in [0.2, 0.25) is 17.0 Å². The molecule has 0 fully saturated rings. The molecule has 0 bridgehead atoms. The Morgan fingerprint density at radius 2 is 0.800 bits per heavy atom. The summed E-state index contributed by atoms with van der Waals surface area (Å²) >= 11 is 0. The summed E-state index contributed by atoms with van der Waals surface area (Å²) in [5.41, 5.74) is -0.763. The van der Waals surface area contributed by atoms with E-state index in [0.717, 1.165) is 0 Å². The summed E-state index contributed by atoms with van der Waals surface area (Å²) in [5.74, 6) is 0.764. The van der Waals surface area contributed by atoms with Crippen molar-refractivity contribution in [2.45, 2.75) is 11.2 Å². The molecule has 196 valence electrons. The number of nitrogens with one attached hydrogen (secondary N) is 2. The van der Waals surface area contributed by atoms with Crippen LogP contribution in [0.3, 0.4) is 0 Å². The normalized spacial score (nSPS) is 14.0. The smallest absolute Gasteiger partial charge is 0.241 e. The molecule has 0 amide bonds. The number of para-hydroxylation sites is 2. The Hall–Kier alpha value is -5.29. The van der Waals surface area contributed by atoms with Crippen LogP contribution in [0.5, 0.6) is 11.5 Å². The highest BCUT2D eigenvalue weighted by Gasteiger charge is 2.59. The molecular weight excluding hydrogens is 496 g/mol. The molecule has 2 atom stereocenters. The lowest BCUT2D eigenvalue weighted by Crippen LogP contribution is -2.56.